The number of hydrogen-bond acceptors (Lipinski definition) is 6. The zero-order valence-corrected chi connectivity index (χ0v) is 15.5. The van der Waals surface area contributed by atoms with E-state index in [9.17, 15) is 13.2 Å². The van der Waals surface area contributed by atoms with Crippen LogP contribution in [0.3, 0.4) is 0 Å². The lowest BCUT2D eigenvalue weighted by molar-refractivity contribution is -0.274. The fraction of sp³-hybridized carbons (Fsp3) is 0.188. The van der Waals surface area contributed by atoms with Crippen LogP contribution in [-0.2, 0) is 0 Å². The number of rotatable bonds is 7. The second kappa shape index (κ2) is 8.53. The van der Waals surface area contributed by atoms with Crippen LogP contribution in [0.15, 0.2) is 42.9 Å². The van der Waals surface area contributed by atoms with E-state index in [0.717, 1.165) is 0 Å². The summed E-state index contributed by atoms with van der Waals surface area (Å²) in [5.74, 6) is 0.451. The molecule has 0 fully saturated rings. The Morgan fingerprint density at radius 3 is 2.54 bits per heavy atom. The molecule has 7 nitrogen and oxygen atoms in total. The summed E-state index contributed by atoms with van der Waals surface area (Å²) < 4.78 is 47.6. The van der Waals surface area contributed by atoms with Crippen molar-refractivity contribution in [2.75, 3.05) is 18.5 Å². The lowest BCUT2D eigenvalue weighted by Crippen LogP contribution is -2.17. The second-order valence-corrected chi connectivity index (χ2v) is 5.96. The molecule has 0 aliphatic carbocycles. The highest BCUT2D eigenvalue weighted by atomic mass is 35.5. The lowest BCUT2D eigenvalue weighted by atomic mass is 10.3. The van der Waals surface area contributed by atoms with Crippen LogP contribution in [0.1, 0.15) is 0 Å². The first-order valence-corrected chi connectivity index (χ1v) is 8.52. The quantitative estimate of drug-likeness (QED) is 0.440. The highest BCUT2D eigenvalue weighted by molar-refractivity contribution is 6.42. The maximum Gasteiger partial charge on any atom is 0.573 e. The molecule has 2 aromatic heterocycles. The van der Waals surface area contributed by atoms with Gasteiger partial charge in [-0.2, -0.15) is 5.10 Å². The number of aromatic nitrogens is 4. The number of benzene rings is 1. The smallest absolute Gasteiger partial charge is 0.476 e. The first-order chi connectivity index (χ1) is 13.3. The Kier molecular flexibility index (Phi) is 6.10. The van der Waals surface area contributed by atoms with Gasteiger partial charge < -0.3 is 14.8 Å². The van der Waals surface area contributed by atoms with Gasteiger partial charge in [0, 0.05) is 6.07 Å². The number of anilines is 1. The fourth-order valence-electron chi connectivity index (χ4n) is 2.18. The van der Waals surface area contributed by atoms with Crippen LogP contribution in [0.4, 0.5) is 19.0 Å². The van der Waals surface area contributed by atoms with E-state index in [1.54, 1.807) is 6.07 Å². The third kappa shape index (κ3) is 5.17. The van der Waals surface area contributed by atoms with Crippen LogP contribution in [0, 0.1) is 0 Å². The van der Waals surface area contributed by atoms with Gasteiger partial charge in [-0.15, -0.1) is 13.2 Å². The lowest BCUT2D eigenvalue weighted by Gasteiger charge is -2.12. The molecule has 12 heteroatoms. The highest BCUT2D eigenvalue weighted by Crippen LogP contribution is 2.26. The summed E-state index contributed by atoms with van der Waals surface area (Å²) in [6.45, 7) is 0.593. The number of nitrogens with zero attached hydrogens (tertiary/aromatic N) is 4. The molecule has 0 amide bonds. The van der Waals surface area contributed by atoms with E-state index in [1.807, 2.05) is 0 Å². The van der Waals surface area contributed by atoms with E-state index in [2.05, 4.69) is 25.1 Å². The molecular formula is C16H12Cl2F3N5O2. The summed E-state index contributed by atoms with van der Waals surface area (Å²) in [6.07, 6.45) is -1.96. The SMILES string of the molecule is FC(F)(F)Oc1ccc(-n2nccc2OCCNc2ncnc(Cl)c2Cl)cc1. The Labute approximate surface area is 167 Å². The Morgan fingerprint density at radius 2 is 1.82 bits per heavy atom. The van der Waals surface area contributed by atoms with Crippen molar-refractivity contribution in [2.45, 2.75) is 6.36 Å². The van der Waals surface area contributed by atoms with Crippen molar-refractivity contribution in [3.8, 4) is 17.3 Å². The van der Waals surface area contributed by atoms with E-state index in [1.165, 1.54) is 41.5 Å². The molecule has 0 spiro atoms. The van der Waals surface area contributed by atoms with Gasteiger partial charge in [0.15, 0.2) is 5.15 Å². The van der Waals surface area contributed by atoms with Crippen LogP contribution < -0.4 is 14.8 Å². The van der Waals surface area contributed by atoms with Crippen LogP contribution in [0.25, 0.3) is 5.69 Å². The Bertz CT molecular complexity index is 935. The van der Waals surface area contributed by atoms with Gasteiger partial charge in [0.2, 0.25) is 5.88 Å². The second-order valence-electron chi connectivity index (χ2n) is 5.23. The largest absolute Gasteiger partial charge is 0.573 e. The molecule has 28 heavy (non-hydrogen) atoms. The van der Waals surface area contributed by atoms with Crippen molar-refractivity contribution in [3.63, 3.8) is 0 Å². The van der Waals surface area contributed by atoms with Gasteiger partial charge in [-0.1, -0.05) is 23.2 Å². The van der Waals surface area contributed by atoms with Gasteiger partial charge in [-0.3, -0.25) is 0 Å². The molecule has 2 heterocycles. The van der Waals surface area contributed by atoms with Crippen molar-refractivity contribution >= 4 is 29.0 Å². The van der Waals surface area contributed by atoms with Crippen LogP contribution in [0.5, 0.6) is 11.6 Å². The average Bonchev–Trinajstić information content (AvgIpc) is 3.10. The summed E-state index contributed by atoms with van der Waals surface area (Å²) in [6, 6.07) is 6.87. The summed E-state index contributed by atoms with van der Waals surface area (Å²) in [7, 11) is 0. The number of halogens is 5. The molecule has 0 aliphatic rings. The molecule has 0 saturated heterocycles. The minimum atomic E-state index is -4.74. The van der Waals surface area contributed by atoms with Gasteiger partial charge in [0.05, 0.1) is 18.4 Å². The third-order valence-corrected chi connectivity index (χ3v) is 4.06. The fourth-order valence-corrected chi connectivity index (χ4v) is 2.48. The number of alkyl halides is 3. The highest BCUT2D eigenvalue weighted by Gasteiger charge is 2.31. The first kappa shape index (κ1) is 20.0. The van der Waals surface area contributed by atoms with E-state index in [-0.39, 0.29) is 22.5 Å². The topological polar surface area (TPSA) is 74.1 Å². The molecule has 0 saturated carbocycles. The Morgan fingerprint density at radius 1 is 1.07 bits per heavy atom. The summed E-state index contributed by atoms with van der Waals surface area (Å²) in [4.78, 5) is 7.72. The van der Waals surface area contributed by atoms with Crippen LogP contribution in [0.2, 0.25) is 10.2 Å². The molecule has 3 aromatic rings. The molecule has 148 valence electrons. The normalized spacial score (nSPS) is 11.3. The minimum Gasteiger partial charge on any atom is -0.476 e. The summed E-state index contributed by atoms with van der Waals surface area (Å²) in [5, 5.41) is 7.40. The number of ether oxygens (including phenoxy) is 2. The third-order valence-electron chi connectivity index (χ3n) is 3.31. The van der Waals surface area contributed by atoms with Gasteiger partial charge in [-0.25, -0.2) is 14.6 Å². The molecule has 0 atom stereocenters. The van der Waals surface area contributed by atoms with Gasteiger partial charge in [0.1, 0.15) is 29.5 Å². The Hall–Kier alpha value is -2.72. The van der Waals surface area contributed by atoms with Crippen molar-refractivity contribution < 1.29 is 22.6 Å². The zero-order valence-electron chi connectivity index (χ0n) is 14.0. The molecule has 0 unspecified atom stereocenters. The zero-order chi connectivity index (χ0) is 20.1. The van der Waals surface area contributed by atoms with Crippen molar-refractivity contribution in [2.24, 2.45) is 0 Å². The number of nitrogens with one attached hydrogen (secondary N) is 1. The summed E-state index contributed by atoms with van der Waals surface area (Å²) in [5.41, 5.74) is 0.508. The summed E-state index contributed by atoms with van der Waals surface area (Å²) >= 11 is 11.8. The van der Waals surface area contributed by atoms with E-state index < -0.39 is 6.36 Å². The van der Waals surface area contributed by atoms with Crippen LogP contribution in [-0.4, -0.2) is 39.3 Å². The molecule has 1 aromatic carbocycles. The van der Waals surface area contributed by atoms with Crippen molar-refractivity contribution in [3.05, 3.63) is 53.0 Å². The van der Waals surface area contributed by atoms with Crippen molar-refractivity contribution in [1.29, 1.82) is 0 Å². The molecule has 3 rings (SSSR count). The van der Waals surface area contributed by atoms with E-state index in [0.29, 0.717) is 23.9 Å². The number of hydrogen-bond donors (Lipinski definition) is 1. The monoisotopic (exact) mass is 433 g/mol. The predicted octanol–water partition coefficient (Wildman–Crippen LogP) is 4.36. The average molecular weight is 434 g/mol. The first-order valence-electron chi connectivity index (χ1n) is 7.76. The van der Waals surface area contributed by atoms with Crippen LogP contribution >= 0.6 is 23.2 Å². The Balaban J connectivity index is 1.59. The minimum absolute atomic E-state index is 0.135. The predicted molar refractivity (Wildman–Crippen MR) is 96.3 cm³/mol. The van der Waals surface area contributed by atoms with Gasteiger partial charge in [-0.05, 0) is 24.3 Å². The molecular weight excluding hydrogens is 422 g/mol. The molecule has 0 bridgehead atoms. The molecule has 1 N–H and O–H groups in total. The standard InChI is InChI=1S/C16H12Cl2F3N5O2/c17-13-14(18)23-9-24-15(13)22-7-8-27-12-5-6-25-26(12)10-1-3-11(4-2-10)28-16(19,20)21/h1-6,9H,7-8H2,(H,22,23,24). The van der Waals surface area contributed by atoms with E-state index in [4.69, 9.17) is 27.9 Å². The van der Waals surface area contributed by atoms with E-state index >= 15 is 0 Å². The maximum absolute atomic E-state index is 12.2. The maximum atomic E-state index is 12.2. The van der Waals surface area contributed by atoms with Gasteiger partial charge in [0.25, 0.3) is 0 Å². The molecule has 0 aliphatic heterocycles. The molecule has 0 radical (unpaired) electrons. The van der Waals surface area contributed by atoms with Crippen molar-refractivity contribution in [1.82, 2.24) is 19.7 Å². The van der Waals surface area contributed by atoms with Gasteiger partial charge >= 0.3 is 6.36 Å².